The third-order valence-corrected chi connectivity index (χ3v) is 2.98. The number of hydrogen-bond donors (Lipinski definition) is 1. The standard InChI is InChI=1S/C9H14N4O2/c1-5(7-3-4-7)8-10-11-12-13(8)6(2)9(14)15/h5-7H,3-4H2,1-2H3,(H,14,15). The van der Waals surface area contributed by atoms with Crippen LogP contribution < -0.4 is 0 Å². The van der Waals surface area contributed by atoms with Crippen molar-refractivity contribution in [2.45, 2.75) is 38.6 Å². The smallest absolute Gasteiger partial charge is 0.328 e. The second kappa shape index (κ2) is 3.60. The van der Waals surface area contributed by atoms with Crippen molar-refractivity contribution in [3.8, 4) is 0 Å². The lowest BCUT2D eigenvalue weighted by molar-refractivity contribution is -0.140. The van der Waals surface area contributed by atoms with Crippen LogP contribution in [0.25, 0.3) is 0 Å². The van der Waals surface area contributed by atoms with Gasteiger partial charge in [0.1, 0.15) is 6.04 Å². The molecule has 2 unspecified atom stereocenters. The van der Waals surface area contributed by atoms with Crippen LogP contribution in [0.1, 0.15) is 44.5 Å². The lowest BCUT2D eigenvalue weighted by Gasteiger charge is -2.12. The molecular formula is C9H14N4O2. The highest BCUT2D eigenvalue weighted by Gasteiger charge is 2.33. The molecule has 82 valence electrons. The highest BCUT2D eigenvalue weighted by atomic mass is 16.4. The number of rotatable bonds is 4. The van der Waals surface area contributed by atoms with E-state index in [1.165, 1.54) is 17.5 Å². The monoisotopic (exact) mass is 210 g/mol. The van der Waals surface area contributed by atoms with Crippen LogP contribution in [0.4, 0.5) is 0 Å². The molecule has 15 heavy (non-hydrogen) atoms. The Bertz CT molecular complexity index is 372. The van der Waals surface area contributed by atoms with E-state index in [9.17, 15) is 4.79 Å². The molecule has 0 radical (unpaired) electrons. The number of hydrogen-bond acceptors (Lipinski definition) is 4. The Morgan fingerprint density at radius 2 is 2.20 bits per heavy atom. The van der Waals surface area contributed by atoms with Crippen LogP contribution in [-0.4, -0.2) is 31.3 Å². The van der Waals surface area contributed by atoms with E-state index in [0.717, 1.165) is 0 Å². The highest BCUT2D eigenvalue weighted by molar-refractivity contribution is 5.71. The van der Waals surface area contributed by atoms with E-state index in [0.29, 0.717) is 11.7 Å². The van der Waals surface area contributed by atoms with Gasteiger partial charge in [0, 0.05) is 5.92 Å². The predicted molar refractivity (Wildman–Crippen MR) is 51.3 cm³/mol. The zero-order chi connectivity index (χ0) is 11.0. The molecule has 0 amide bonds. The summed E-state index contributed by atoms with van der Waals surface area (Å²) in [5, 5.41) is 20.1. The van der Waals surface area contributed by atoms with Gasteiger partial charge in [0.2, 0.25) is 0 Å². The largest absolute Gasteiger partial charge is 0.480 e. The van der Waals surface area contributed by atoms with Crippen LogP contribution in [-0.2, 0) is 4.79 Å². The molecule has 0 saturated heterocycles. The first-order valence-electron chi connectivity index (χ1n) is 5.12. The normalized spacial score (nSPS) is 19.9. The van der Waals surface area contributed by atoms with Crippen LogP contribution in [0.15, 0.2) is 0 Å². The lowest BCUT2D eigenvalue weighted by atomic mass is 10.1. The van der Waals surface area contributed by atoms with Crippen molar-refractivity contribution in [3.63, 3.8) is 0 Å². The molecule has 0 aliphatic heterocycles. The summed E-state index contributed by atoms with van der Waals surface area (Å²) >= 11 is 0. The van der Waals surface area contributed by atoms with Gasteiger partial charge < -0.3 is 5.11 Å². The first-order chi connectivity index (χ1) is 7.11. The average molecular weight is 210 g/mol. The number of carboxylic acid groups (broad SMARTS) is 1. The first-order valence-corrected chi connectivity index (χ1v) is 5.12. The van der Waals surface area contributed by atoms with Crippen molar-refractivity contribution >= 4 is 5.97 Å². The Balaban J connectivity index is 2.24. The molecule has 1 N–H and O–H groups in total. The number of carbonyl (C=O) groups is 1. The quantitative estimate of drug-likeness (QED) is 0.796. The minimum absolute atomic E-state index is 0.252. The molecule has 6 heteroatoms. The molecule has 0 bridgehead atoms. The minimum atomic E-state index is -0.911. The van der Waals surface area contributed by atoms with Crippen molar-refractivity contribution in [1.82, 2.24) is 20.2 Å². The topological polar surface area (TPSA) is 80.9 Å². The van der Waals surface area contributed by atoms with E-state index in [1.807, 2.05) is 0 Å². The Labute approximate surface area is 87.3 Å². The zero-order valence-corrected chi connectivity index (χ0v) is 8.79. The van der Waals surface area contributed by atoms with E-state index >= 15 is 0 Å². The Kier molecular flexibility index (Phi) is 2.42. The van der Waals surface area contributed by atoms with Crippen molar-refractivity contribution in [3.05, 3.63) is 5.82 Å². The number of tetrazole rings is 1. The zero-order valence-electron chi connectivity index (χ0n) is 8.79. The molecule has 2 atom stereocenters. The van der Waals surface area contributed by atoms with E-state index in [1.54, 1.807) is 6.92 Å². The maximum absolute atomic E-state index is 10.8. The average Bonchev–Trinajstić information content (AvgIpc) is 2.93. The van der Waals surface area contributed by atoms with Gasteiger partial charge in [-0.2, -0.15) is 0 Å². The van der Waals surface area contributed by atoms with Crippen LogP contribution >= 0.6 is 0 Å². The molecule has 0 spiro atoms. The molecule has 1 saturated carbocycles. The summed E-state index contributed by atoms with van der Waals surface area (Å²) in [7, 11) is 0. The summed E-state index contributed by atoms with van der Waals surface area (Å²) in [6, 6.07) is -0.698. The third-order valence-electron chi connectivity index (χ3n) is 2.98. The van der Waals surface area contributed by atoms with Crippen molar-refractivity contribution in [1.29, 1.82) is 0 Å². The van der Waals surface area contributed by atoms with Crippen LogP contribution in [0, 0.1) is 5.92 Å². The third kappa shape index (κ3) is 1.84. The number of nitrogens with zero attached hydrogens (tertiary/aromatic N) is 4. The molecule has 0 aromatic carbocycles. The predicted octanol–water partition coefficient (Wildman–Crippen LogP) is 0.832. The van der Waals surface area contributed by atoms with E-state index < -0.39 is 12.0 Å². The van der Waals surface area contributed by atoms with Crippen LogP contribution in [0.3, 0.4) is 0 Å². The summed E-state index contributed by atoms with van der Waals surface area (Å²) in [6.45, 7) is 3.64. The van der Waals surface area contributed by atoms with Crippen LogP contribution in [0.5, 0.6) is 0 Å². The van der Waals surface area contributed by atoms with E-state index in [-0.39, 0.29) is 5.92 Å². The van der Waals surface area contributed by atoms with Gasteiger partial charge in [0.25, 0.3) is 0 Å². The lowest BCUT2D eigenvalue weighted by Crippen LogP contribution is -2.20. The molecule has 1 aromatic heterocycles. The fourth-order valence-corrected chi connectivity index (χ4v) is 1.69. The Morgan fingerprint density at radius 1 is 1.53 bits per heavy atom. The summed E-state index contributed by atoms with van der Waals surface area (Å²) in [4.78, 5) is 10.8. The molecule has 1 fully saturated rings. The molecular weight excluding hydrogens is 196 g/mol. The molecule has 6 nitrogen and oxygen atoms in total. The van der Waals surface area contributed by atoms with E-state index in [4.69, 9.17) is 5.11 Å². The molecule has 1 aliphatic carbocycles. The summed E-state index contributed by atoms with van der Waals surface area (Å²) in [5.41, 5.74) is 0. The fourth-order valence-electron chi connectivity index (χ4n) is 1.69. The maximum Gasteiger partial charge on any atom is 0.328 e. The second-order valence-corrected chi connectivity index (χ2v) is 4.12. The van der Waals surface area contributed by atoms with Crippen molar-refractivity contribution in [2.75, 3.05) is 0 Å². The number of aliphatic carboxylic acids is 1. The van der Waals surface area contributed by atoms with Crippen molar-refractivity contribution < 1.29 is 9.90 Å². The highest BCUT2D eigenvalue weighted by Crippen LogP contribution is 2.41. The Hall–Kier alpha value is -1.46. The van der Waals surface area contributed by atoms with Gasteiger partial charge in [-0.05, 0) is 36.1 Å². The van der Waals surface area contributed by atoms with Gasteiger partial charge in [0.05, 0.1) is 0 Å². The van der Waals surface area contributed by atoms with Gasteiger partial charge in [-0.15, -0.1) is 5.10 Å². The summed E-state index contributed by atoms with van der Waals surface area (Å²) < 4.78 is 1.41. The van der Waals surface area contributed by atoms with Gasteiger partial charge in [0.15, 0.2) is 5.82 Å². The number of aromatic nitrogens is 4. The minimum Gasteiger partial charge on any atom is -0.480 e. The van der Waals surface area contributed by atoms with E-state index in [2.05, 4.69) is 22.4 Å². The van der Waals surface area contributed by atoms with Gasteiger partial charge in [-0.1, -0.05) is 6.92 Å². The van der Waals surface area contributed by atoms with Gasteiger partial charge in [-0.3, -0.25) is 0 Å². The van der Waals surface area contributed by atoms with Crippen LogP contribution in [0.2, 0.25) is 0 Å². The molecule has 1 aromatic rings. The van der Waals surface area contributed by atoms with Crippen molar-refractivity contribution in [2.24, 2.45) is 5.92 Å². The second-order valence-electron chi connectivity index (χ2n) is 4.12. The fraction of sp³-hybridized carbons (Fsp3) is 0.778. The summed E-state index contributed by atoms with van der Waals surface area (Å²) in [6.07, 6.45) is 2.38. The SMILES string of the molecule is CC(c1nnnn1C(C)C(=O)O)C1CC1. The van der Waals surface area contributed by atoms with Gasteiger partial charge >= 0.3 is 5.97 Å². The van der Waals surface area contributed by atoms with Gasteiger partial charge in [-0.25, -0.2) is 9.48 Å². The first kappa shape index (κ1) is 10.1. The molecule has 1 heterocycles. The number of carboxylic acids is 1. The molecule has 2 rings (SSSR count). The Morgan fingerprint density at radius 3 is 2.73 bits per heavy atom. The summed E-state index contributed by atoms with van der Waals surface area (Å²) in [5.74, 6) is 0.650. The maximum atomic E-state index is 10.8. The molecule has 1 aliphatic rings.